The van der Waals surface area contributed by atoms with Crippen molar-refractivity contribution in [3.63, 3.8) is 0 Å². The Morgan fingerprint density at radius 3 is 2.34 bits per heavy atom. The number of esters is 1. The lowest BCUT2D eigenvalue weighted by Crippen LogP contribution is -2.39. The monoisotopic (exact) mass is 391 g/mol. The fourth-order valence-electron chi connectivity index (χ4n) is 5.18. The highest BCUT2D eigenvalue weighted by atomic mass is 16.5. The lowest BCUT2D eigenvalue weighted by Gasteiger charge is -2.32. The molecule has 0 amide bonds. The highest BCUT2D eigenvalue weighted by Gasteiger charge is 2.27. The zero-order valence-electron chi connectivity index (χ0n) is 17.6. The summed E-state index contributed by atoms with van der Waals surface area (Å²) in [6.07, 6.45) is 6.66. The molecular formula is C26H33NO2. The first kappa shape index (κ1) is 20.2. The topological polar surface area (TPSA) is 29.5 Å². The third kappa shape index (κ3) is 4.72. The summed E-state index contributed by atoms with van der Waals surface area (Å²) < 4.78 is 5.26. The molecule has 0 aromatic heterocycles. The number of benzene rings is 2. The molecule has 4 rings (SSSR count). The maximum absolute atomic E-state index is 12.1. The summed E-state index contributed by atoms with van der Waals surface area (Å²) in [5.74, 6) is 0.530. The van der Waals surface area contributed by atoms with Gasteiger partial charge >= 0.3 is 5.97 Å². The molecule has 0 bridgehead atoms. The van der Waals surface area contributed by atoms with Gasteiger partial charge in [-0.15, -0.1) is 0 Å². The number of aryl methyl sites for hydroxylation is 2. The Balaban J connectivity index is 1.43. The number of fused-ring (bicyclic) bond motifs is 2. The van der Waals surface area contributed by atoms with Crippen molar-refractivity contribution in [2.24, 2.45) is 5.92 Å². The Hall–Kier alpha value is -2.13. The number of carbonyl (C=O) groups is 1. The SMILES string of the molecule is CCOC(=O)[C@@H]1CCCN(CCCC2c3ccccc3CCc3ccccc32)C1. The van der Waals surface area contributed by atoms with Crippen molar-refractivity contribution < 1.29 is 9.53 Å². The average Bonchev–Trinajstić information content (AvgIpc) is 2.92. The molecule has 1 heterocycles. The molecule has 1 aliphatic heterocycles. The van der Waals surface area contributed by atoms with Gasteiger partial charge in [0.25, 0.3) is 0 Å². The molecule has 29 heavy (non-hydrogen) atoms. The van der Waals surface area contributed by atoms with Gasteiger partial charge in [-0.25, -0.2) is 0 Å². The molecule has 0 N–H and O–H groups in total. The standard InChI is InChI=1S/C26H33NO2/c1-2-29-26(28)22-11-7-17-27(19-22)18-8-14-25-23-12-5-3-9-20(23)15-16-21-10-4-6-13-24(21)25/h3-6,9-10,12-13,22,25H,2,7-8,11,14-19H2,1H3/t22-/m1/s1. The normalized spacial score (nSPS) is 19.8. The minimum atomic E-state index is -0.0103. The molecule has 1 aliphatic carbocycles. The summed E-state index contributed by atoms with van der Waals surface area (Å²) in [4.78, 5) is 14.6. The van der Waals surface area contributed by atoms with E-state index in [4.69, 9.17) is 4.74 Å². The van der Waals surface area contributed by atoms with Crippen LogP contribution in [-0.2, 0) is 22.4 Å². The van der Waals surface area contributed by atoms with Crippen LogP contribution < -0.4 is 0 Å². The number of hydrogen-bond acceptors (Lipinski definition) is 3. The first-order chi connectivity index (χ1) is 14.3. The van der Waals surface area contributed by atoms with E-state index >= 15 is 0 Å². The highest BCUT2D eigenvalue weighted by molar-refractivity contribution is 5.72. The maximum atomic E-state index is 12.1. The number of likely N-dealkylation sites (tertiary alicyclic amines) is 1. The van der Waals surface area contributed by atoms with Gasteiger partial charge in [0.15, 0.2) is 0 Å². The van der Waals surface area contributed by atoms with E-state index in [0.717, 1.165) is 58.2 Å². The second-order valence-electron chi connectivity index (χ2n) is 8.48. The van der Waals surface area contributed by atoms with E-state index in [0.29, 0.717) is 12.5 Å². The summed E-state index contributed by atoms with van der Waals surface area (Å²) in [6.45, 7) is 5.40. The van der Waals surface area contributed by atoms with E-state index in [1.807, 2.05) is 6.92 Å². The van der Waals surface area contributed by atoms with Crippen LogP contribution in [0.25, 0.3) is 0 Å². The average molecular weight is 392 g/mol. The summed E-state index contributed by atoms with van der Waals surface area (Å²) in [6, 6.07) is 18.0. The Labute approximate surface area is 175 Å². The van der Waals surface area contributed by atoms with E-state index in [1.54, 1.807) is 0 Å². The van der Waals surface area contributed by atoms with E-state index in [9.17, 15) is 4.79 Å². The van der Waals surface area contributed by atoms with Crippen LogP contribution in [0.2, 0.25) is 0 Å². The molecule has 0 spiro atoms. The van der Waals surface area contributed by atoms with Crippen molar-refractivity contribution in [3.05, 3.63) is 70.8 Å². The molecule has 1 fully saturated rings. The van der Waals surface area contributed by atoms with Crippen LogP contribution in [0.4, 0.5) is 0 Å². The minimum Gasteiger partial charge on any atom is -0.466 e. The minimum absolute atomic E-state index is 0.0103. The van der Waals surface area contributed by atoms with Gasteiger partial charge in [-0.2, -0.15) is 0 Å². The Morgan fingerprint density at radius 1 is 1.03 bits per heavy atom. The predicted octanol–water partition coefficient (Wildman–Crippen LogP) is 4.97. The molecule has 0 radical (unpaired) electrons. The molecule has 1 saturated heterocycles. The van der Waals surface area contributed by atoms with Crippen LogP contribution >= 0.6 is 0 Å². The van der Waals surface area contributed by atoms with E-state index < -0.39 is 0 Å². The quantitative estimate of drug-likeness (QED) is 0.651. The molecule has 154 valence electrons. The molecule has 0 saturated carbocycles. The molecule has 2 aromatic carbocycles. The summed E-state index contributed by atoms with van der Waals surface area (Å²) in [5.41, 5.74) is 6.05. The van der Waals surface area contributed by atoms with Gasteiger partial charge in [-0.3, -0.25) is 4.79 Å². The number of piperidine rings is 1. The lowest BCUT2D eigenvalue weighted by molar-refractivity contribution is -0.149. The van der Waals surface area contributed by atoms with E-state index in [-0.39, 0.29) is 11.9 Å². The molecule has 0 unspecified atom stereocenters. The van der Waals surface area contributed by atoms with Crippen LogP contribution in [0, 0.1) is 5.92 Å². The Kier molecular flexibility index (Phi) is 6.66. The number of ether oxygens (including phenoxy) is 1. The Morgan fingerprint density at radius 2 is 1.69 bits per heavy atom. The maximum Gasteiger partial charge on any atom is 0.310 e. The first-order valence-corrected chi connectivity index (χ1v) is 11.3. The zero-order valence-corrected chi connectivity index (χ0v) is 17.6. The van der Waals surface area contributed by atoms with Gasteiger partial charge in [0.2, 0.25) is 0 Å². The highest BCUT2D eigenvalue weighted by Crippen LogP contribution is 2.37. The van der Waals surface area contributed by atoms with Gasteiger partial charge < -0.3 is 9.64 Å². The van der Waals surface area contributed by atoms with Crippen LogP contribution in [0.5, 0.6) is 0 Å². The number of carbonyl (C=O) groups excluding carboxylic acids is 1. The Bertz CT molecular complexity index is 783. The summed E-state index contributed by atoms with van der Waals surface area (Å²) >= 11 is 0. The lowest BCUT2D eigenvalue weighted by atomic mass is 9.84. The van der Waals surface area contributed by atoms with Crippen molar-refractivity contribution in [2.75, 3.05) is 26.2 Å². The largest absolute Gasteiger partial charge is 0.466 e. The summed E-state index contributed by atoms with van der Waals surface area (Å²) in [7, 11) is 0. The molecule has 2 aliphatic rings. The van der Waals surface area contributed by atoms with Crippen LogP contribution in [0.15, 0.2) is 48.5 Å². The third-order valence-corrected chi connectivity index (χ3v) is 6.62. The van der Waals surface area contributed by atoms with Gasteiger partial charge in [-0.1, -0.05) is 48.5 Å². The van der Waals surface area contributed by atoms with Crippen molar-refractivity contribution in [3.8, 4) is 0 Å². The number of nitrogens with zero attached hydrogens (tertiary/aromatic N) is 1. The van der Waals surface area contributed by atoms with Crippen LogP contribution in [0.1, 0.15) is 60.8 Å². The second kappa shape index (κ2) is 9.58. The van der Waals surface area contributed by atoms with Crippen molar-refractivity contribution in [1.82, 2.24) is 4.90 Å². The summed E-state index contributed by atoms with van der Waals surface area (Å²) in [5, 5.41) is 0. The van der Waals surface area contributed by atoms with E-state index in [1.165, 1.54) is 22.3 Å². The van der Waals surface area contributed by atoms with Gasteiger partial charge in [0.05, 0.1) is 12.5 Å². The molecule has 3 heteroatoms. The van der Waals surface area contributed by atoms with Gasteiger partial charge in [0.1, 0.15) is 0 Å². The molecule has 1 atom stereocenters. The number of hydrogen-bond donors (Lipinski definition) is 0. The molecule has 3 nitrogen and oxygen atoms in total. The third-order valence-electron chi connectivity index (χ3n) is 6.62. The fourth-order valence-corrected chi connectivity index (χ4v) is 5.18. The number of rotatable bonds is 6. The van der Waals surface area contributed by atoms with Gasteiger partial charge in [-0.05, 0) is 80.8 Å². The van der Waals surface area contributed by atoms with Crippen molar-refractivity contribution in [1.29, 1.82) is 0 Å². The van der Waals surface area contributed by atoms with Crippen LogP contribution in [0.3, 0.4) is 0 Å². The molecular weight excluding hydrogens is 358 g/mol. The fraction of sp³-hybridized carbons (Fsp3) is 0.500. The van der Waals surface area contributed by atoms with Gasteiger partial charge in [0, 0.05) is 12.5 Å². The van der Waals surface area contributed by atoms with Crippen molar-refractivity contribution >= 4 is 5.97 Å². The predicted molar refractivity (Wildman–Crippen MR) is 117 cm³/mol. The molecule has 2 aromatic rings. The zero-order chi connectivity index (χ0) is 20.1. The smallest absolute Gasteiger partial charge is 0.310 e. The first-order valence-electron chi connectivity index (χ1n) is 11.3. The van der Waals surface area contributed by atoms with E-state index in [2.05, 4.69) is 53.4 Å². The van der Waals surface area contributed by atoms with Crippen LogP contribution in [-0.4, -0.2) is 37.1 Å². The van der Waals surface area contributed by atoms with Crippen molar-refractivity contribution in [2.45, 2.75) is 51.4 Å². The second-order valence-corrected chi connectivity index (χ2v) is 8.48.